The molecule has 0 radical (unpaired) electrons. The minimum absolute atomic E-state index is 0.0136. The van der Waals surface area contributed by atoms with Crippen LogP contribution < -0.4 is 5.32 Å². The topological polar surface area (TPSA) is 80.1 Å². The number of nitrogens with one attached hydrogen (secondary N) is 1. The molecular formula is C23H25N5O2. The molecule has 1 atom stereocenters. The van der Waals surface area contributed by atoms with E-state index in [-0.39, 0.29) is 23.8 Å². The number of nitrogens with zero attached hydrogens (tertiary/aromatic N) is 4. The third-order valence-electron chi connectivity index (χ3n) is 5.91. The van der Waals surface area contributed by atoms with Crippen LogP contribution in [-0.4, -0.2) is 50.4 Å². The van der Waals surface area contributed by atoms with Gasteiger partial charge in [-0.2, -0.15) is 0 Å². The molecule has 2 fully saturated rings. The van der Waals surface area contributed by atoms with Crippen LogP contribution in [-0.2, 0) is 11.3 Å². The minimum Gasteiger partial charge on any atom is -0.347 e. The molecule has 7 heteroatoms. The molecule has 5 rings (SSSR count). The second-order valence-electron chi connectivity index (χ2n) is 8.30. The largest absolute Gasteiger partial charge is 0.347 e. The Bertz CT molecular complexity index is 1070. The molecule has 0 bridgehead atoms. The van der Waals surface area contributed by atoms with Crippen molar-refractivity contribution in [1.29, 1.82) is 0 Å². The summed E-state index contributed by atoms with van der Waals surface area (Å²) >= 11 is 0. The van der Waals surface area contributed by atoms with Crippen LogP contribution in [0, 0.1) is 5.92 Å². The number of hydrogen-bond donors (Lipinski definition) is 1. The van der Waals surface area contributed by atoms with Crippen molar-refractivity contribution in [3.8, 4) is 0 Å². The lowest BCUT2D eigenvalue weighted by molar-refractivity contribution is -0.133. The van der Waals surface area contributed by atoms with Crippen LogP contribution in [0.2, 0.25) is 0 Å². The van der Waals surface area contributed by atoms with E-state index in [1.165, 1.54) is 5.56 Å². The summed E-state index contributed by atoms with van der Waals surface area (Å²) in [5.41, 5.74) is 3.13. The maximum absolute atomic E-state index is 12.8. The van der Waals surface area contributed by atoms with Gasteiger partial charge in [-0.25, -0.2) is 9.97 Å². The van der Waals surface area contributed by atoms with Gasteiger partial charge in [0.25, 0.3) is 5.91 Å². The summed E-state index contributed by atoms with van der Waals surface area (Å²) in [6.45, 7) is 2.08. The predicted octanol–water partition coefficient (Wildman–Crippen LogP) is 2.61. The Hall–Kier alpha value is -3.22. The van der Waals surface area contributed by atoms with E-state index in [1.54, 1.807) is 18.6 Å². The average molecular weight is 403 g/mol. The van der Waals surface area contributed by atoms with Gasteiger partial charge in [-0.05, 0) is 37.3 Å². The van der Waals surface area contributed by atoms with Crippen molar-refractivity contribution in [2.24, 2.45) is 5.92 Å². The molecule has 1 aliphatic carbocycles. The van der Waals surface area contributed by atoms with Crippen LogP contribution in [0.15, 0.2) is 48.9 Å². The summed E-state index contributed by atoms with van der Waals surface area (Å²) in [6.07, 6.45) is 7.20. The van der Waals surface area contributed by atoms with Crippen LogP contribution in [0.4, 0.5) is 0 Å². The third-order valence-corrected chi connectivity index (χ3v) is 5.91. The number of benzene rings is 1. The van der Waals surface area contributed by atoms with Gasteiger partial charge in [0.2, 0.25) is 5.91 Å². The first-order valence-electron chi connectivity index (χ1n) is 10.6. The molecule has 7 nitrogen and oxygen atoms in total. The van der Waals surface area contributed by atoms with Crippen LogP contribution in [0.5, 0.6) is 0 Å². The highest BCUT2D eigenvalue weighted by Gasteiger charge is 2.35. The van der Waals surface area contributed by atoms with E-state index in [0.29, 0.717) is 24.2 Å². The van der Waals surface area contributed by atoms with Gasteiger partial charge in [-0.3, -0.25) is 9.59 Å². The van der Waals surface area contributed by atoms with Gasteiger partial charge < -0.3 is 14.8 Å². The van der Waals surface area contributed by atoms with Gasteiger partial charge in [0.1, 0.15) is 5.52 Å². The monoisotopic (exact) mass is 403 g/mol. The van der Waals surface area contributed by atoms with E-state index < -0.39 is 0 Å². The van der Waals surface area contributed by atoms with Crippen molar-refractivity contribution in [3.05, 3.63) is 60.0 Å². The first-order valence-corrected chi connectivity index (χ1v) is 10.6. The van der Waals surface area contributed by atoms with Crippen molar-refractivity contribution in [2.75, 3.05) is 13.1 Å². The Balaban J connectivity index is 1.26. The van der Waals surface area contributed by atoms with E-state index in [4.69, 9.17) is 0 Å². The lowest BCUT2D eigenvalue weighted by atomic mass is 10.0. The van der Waals surface area contributed by atoms with E-state index in [9.17, 15) is 9.59 Å². The van der Waals surface area contributed by atoms with Gasteiger partial charge in [-0.15, -0.1) is 0 Å². The quantitative estimate of drug-likeness (QED) is 0.710. The molecule has 30 heavy (non-hydrogen) atoms. The molecule has 2 aliphatic rings. The van der Waals surface area contributed by atoms with E-state index >= 15 is 0 Å². The fourth-order valence-electron chi connectivity index (χ4n) is 4.12. The van der Waals surface area contributed by atoms with Gasteiger partial charge >= 0.3 is 0 Å². The SMILES string of the molecule is O=C(NC1CCCN(C(=O)C2CC2)C1)c1cnc2c(c1)ncn2Cc1ccccc1. The van der Waals surface area contributed by atoms with Crippen LogP contribution in [0.25, 0.3) is 11.2 Å². The Morgan fingerprint density at radius 3 is 2.73 bits per heavy atom. The summed E-state index contributed by atoms with van der Waals surface area (Å²) in [4.78, 5) is 36.0. The van der Waals surface area contributed by atoms with Crippen LogP contribution in [0.1, 0.15) is 41.6 Å². The highest BCUT2D eigenvalue weighted by Crippen LogP contribution is 2.32. The second kappa shape index (κ2) is 7.89. The Morgan fingerprint density at radius 1 is 1.10 bits per heavy atom. The number of aromatic nitrogens is 3. The fraction of sp³-hybridized carbons (Fsp3) is 0.391. The van der Waals surface area contributed by atoms with Crippen molar-refractivity contribution >= 4 is 23.0 Å². The van der Waals surface area contributed by atoms with Crippen LogP contribution in [0.3, 0.4) is 0 Å². The number of carbonyl (C=O) groups excluding carboxylic acids is 2. The van der Waals surface area contributed by atoms with Crippen molar-refractivity contribution in [3.63, 3.8) is 0 Å². The summed E-state index contributed by atoms with van der Waals surface area (Å²) in [5, 5.41) is 3.08. The first-order chi connectivity index (χ1) is 14.7. The zero-order valence-electron chi connectivity index (χ0n) is 16.8. The molecule has 1 unspecified atom stereocenters. The normalized spacial score (nSPS) is 19.1. The highest BCUT2D eigenvalue weighted by molar-refractivity contribution is 5.96. The molecule has 3 heterocycles. The average Bonchev–Trinajstić information content (AvgIpc) is 3.56. The zero-order valence-corrected chi connectivity index (χ0v) is 16.8. The molecule has 1 saturated carbocycles. The molecule has 3 aromatic rings. The van der Waals surface area contributed by atoms with Gasteiger partial charge in [0.05, 0.1) is 18.4 Å². The molecule has 2 aromatic heterocycles. The summed E-state index contributed by atoms with van der Waals surface area (Å²) in [6, 6.07) is 11.9. The first kappa shape index (κ1) is 18.8. The lowest BCUT2D eigenvalue weighted by Gasteiger charge is -2.33. The predicted molar refractivity (Wildman–Crippen MR) is 113 cm³/mol. The summed E-state index contributed by atoms with van der Waals surface area (Å²) < 4.78 is 1.98. The Morgan fingerprint density at radius 2 is 1.93 bits per heavy atom. The molecule has 154 valence electrons. The lowest BCUT2D eigenvalue weighted by Crippen LogP contribution is -2.50. The molecule has 1 aliphatic heterocycles. The van der Waals surface area contributed by atoms with Gasteiger partial charge in [0.15, 0.2) is 5.65 Å². The third kappa shape index (κ3) is 3.92. The summed E-state index contributed by atoms with van der Waals surface area (Å²) in [5.74, 6) is 0.311. The number of piperidine rings is 1. The summed E-state index contributed by atoms with van der Waals surface area (Å²) in [7, 11) is 0. The number of carbonyl (C=O) groups is 2. The molecule has 1 N–H and O–H groups in total. The van der Waals surface area contributed by atoms with Crippen molar-refractivity contribution < 1.29 is 9.59 Å². The maximum Gasteiger partial charge on any atom is 0.253 e. The number of likely N-dealkylation sites (tertiary alicyclic amines) is 1. The smallest absolute Gasteiger partial charge is 0.253 e. The standard InChI is InChI=1S/C23H25N5O2/c29-22(26-19-7-4-10-27(14-19)23(30)17-8-9-17)18-11-20-21(24-12-18)28(15-25-20)13-16-5-2-1-3-6-16/h1-3,5-6,11-12,15,17,19H,4,7-10,13-14H2,(H,26,29). The second-order valence-corrected chi connectivity index (χ2v) is 8.30. The van der Waals surface area contributed by atoms with E-state index in [1.807, 2.05) is 27.7 Å². The van der Waals surface area contributed by atoms with Crippen LogP contribution >= 0.6 is 0 Å². The number of rotatable bonds is 5. The number of fused-ring (bicyclic) bond motifs is 1. The Labute approximate surface area is 175 Å². The Kier molecular flexibility index (Phi) is 4.94. The number of amides is 2. The number of hydrogen-bond acceptors (Lipinski definition) is 4. The molecule has 1 saturated heterocycles. The van der Waals surface area contributed by atoms with Crippen molar-refractivity contribution in [2.45, 2.75) is 38.3 Å². The van der Waals surface area contributed by atoms with E-state index in [0.717, 1.165) is 37.9 Å². The van der Waals surface area contributed by atoms with Gasteiger partial charge in [0, 0.05) is 31.2 Å². The molecule has 1 aromatic carbocycles. The molecule has 2 amide bonds. The maximum atomic E-state index is 12.8. The molecule has 0 spiro atoms. The van der Waals surface area contributed by atoms with Gasteiger partial charge in [-0.1, -0.05) is 30.3 Å². The number of pyridine rings is 1. The van der Waals surface area contributed by atoms with E-state index in [2.05, 4.69) is 27.4 Å². The molecular weight excluding hydrogens is 378 g/mol. The fourth-order valence-corrected chi connectivity index (χ4v) is 4.12. The number of imidazole rings is 1. The van der Waals surface area contributed by atoms with Crippen molar-refractivity contribution in [1.82, 2.24) is 24.8 Å². The highest BCUT2D eigenvalue weighted by atomic mass is 16.2. The zero-order chi connectivity index (χ0) is 20.5. The minimum atomic E-state index is -0.160.